The molecule has 0 saturated carbocycles. The molecule has 0 spiro atoms. The van der Waals surface area contributed by atoms with Crippen LogP contribution in [0.5, 0.6) is 5.75 Å². The lowest BCUT2D eigenvalue weighted by Crippen LogP contribution is -2.15. The molecule has 1 aromatic heterocycles. The van der Waals surface area contributed by atoms with Gasteiger partial charge in [0.2, 0.25) is 0 Å². The van der Waals surface area contributed by atoms with Gasteiger partial charge >= 0.3 is 0 Å². The summed E-state index contributed by atoms with van der Waals surface area (Å²) in [6.07, 6.45) is 4.30. The fourth-order valence-electron chi connectivity index (χ4n) is 2.62. The molecule has 0 bridgehead atoms. The van der Waals surface area contributed by atoms with E-state index in [1.807, 2.05) is 0 Å². The van der Waals surface area contributed by atoms with Gasteiger partial charge in [-0.25, -0.2) is 0 Å². The Labute approximate surface area is 128 Å². The first-order chi connectivity index (χ1) is 10.7. The first kappa shape index (κ1) is 14.4. The summed E-state index contributed by atoms with van der Waals surface area (Å²) in [6, 6.07) is 7.02. The zero-order chi connectivity index (χ0) is 15.5. The van der Waals surface area contributed by atoms with Crippen molar-refractivity contribution in [3.05, 3.63) is 47.4 Å². The number of carbonyl (C=O) groups is 2. The molecule has 1 aliphatic rings. The molecule has 114 valence electrons. The number of fused-ring (bicyclic) bond motifs is 1. The third kappa shape index (κ3) is 2.74. The summed E-state index contributed by atoms with van der Waals surface area (Å²) in [5, 5.41) is 2.78. The molecule has 5 nitrogen and oxygen atoms in total. The van der Waals surface area contributed by atoms with Gasteiger partial charge < -0.3 is 14.5 Å². The van der Waals surface area contributed by atoms with Crippen LogP contribution in [0.25, 0.3) is 0 Å². The minimum atomic E-state index is -0.328. The Hall–Kier alpha value is -2.56. The fraction of sp³-hybridized carbons (Fsp3) is 0.294. The van der Waals surface area contributed by atoms with Crippen LogP contribution >= 0.6 is 0 Å². The highest BCUT2D eigenvalue weighted by Crippen LogP contribution is 2.26. The average molecular weight is 299 g/mol. The van der Waals surface area contributed by atoms with E-state index < -0.39 is 0 Å². The molecule has 3 rings (SSSR count). The van der Waals surface area contributed by atoms with Gasteiger partial charge in [0.15, 0.2) is 5.78 Å². The molecule has 0 atom stereocenters. The standard InChI is InChI=1S/C17H17NO4/c1-21-12-8-6-11(7-9-12)18-17(20)13-10-22-15-5-3-2-4-14(19)16(13)15/h6-10H,2-5H2,1H3,(H,18,20). The molecule has 2 aromatic rings. The monoisotopic (exact) mass is 299 g/mol. The van der Waals surface area contributed by atoms with Gasteiger partial charge in [-0.15, -0.1) is 0 Å². The van der Waals surface area contributed by atoms with Crippen LogP contribution in [-0.4, -0.2) is 18.8 Å². The van der Waals surface area contributed by atoms with Gasteiger partial charge in [-0.05, 0) is 37.1 Å². The summed E-state index contributed by atoms with van der Waals surface area (Å²) in [7, 11) is 1.58. The topological polar surface area (TPSA) is 68.5 Å². The molecule has 22 heavy (non-hydrogen) atoms. The number of methoxy groups -OCH3 is 1. The molecular weight excluding hydrogens is 282 g/mol. The first-order valence-electron chi connectivity index (χ1n) is 7.28. The average Bonchev–Trinajstić information content (AvgIpc) is 2.88. The highest BCUT2D eigenvalue weighted by Gasteiger charge is 2.26. The van der Waals surface area contributed by atoms with Gasteiger partial charge in [0.05, 0.1) is 18.2 Å². The van der Waals surface area contributed by atoms with E-state index in [0.717, 1.165) is 12.8 Å². The lowest BCUT2D eigenvalue weighted by Gasteiger charge is -2.06. The van der Waals surface area contributed by atoms with E-state index in [1.54, 1.807) is 31.4 Å². The van der Waals surface area contributed by atoms with Crippen molar-refractivity contribution >= 4 is 17.4 Å². The normalized spacial score (nSPS) is 14.1. The van der Waals surface area contributed by atoms with E-state index in [2.05, 4.69) is 5.32 Å². The van der Waals surface area contributed by atoms with Crippen molar-refractivity contribution in [3.63, 3.8) is 0 Å². The van der Waals surface area contributed by atoms with Crippen molar-refractivity contribution < 1.29 is 18.7 Å². The molecule has 1 aliphatic carbocycles. The Bertz CT molecular complexity index is 700. The number of amides is 1. The van der Waals surface area contributed by atoms with Crippen LogP contribution in [0.15, 0.2) is 34.9 Å². The van der Waals surface area contributed by atoms with Crippen LogP contribution in [0.4, 0.5) is 5.69 Å². The van der Waals surface area contributed by atoms with E-state index in [0.29, 0.717) is 41.2 Å². The minimum absolute atomic E-state index is 0.0128. The van der Waals surface area contributed by atoms with E-state index in [1.165, 1.54) is 6.26 Å². The largest absolute Gasteiger partial charge is 0.497 e. The van der Waals surface area contributed by atoms with Gasteiger partial charge in [0, 0.05) is 18.5 Å². The highest BCUT2D eigenvalue weighted by molar-refractivity contribution is 6.13. The van der Waals surface area contributed by atoms with Crippen LogP contribution in [-0.2, 0) is 6.42 Å². The molecule has 0 fully saturated rings. The number of Topliss-reactive ketones (excluding diaryl/α,β-unsaturated/α-hetero) is 1. The molecule has 1 amide bonds. The van der Waals surface area contributed by atoms with Crippen molar-refractivity contribution in [2.75, 3.05) is 12.4 Å². The molecule has 0 unspecified atom stereocenters. The van der Waals surface area contributed by atoms with Crippen molar-refractivity contribution in [3.8, 4) is 5.75 Å². The maximum atomic E-state index is 12.4. The minimum Gasteiger partial charge on any atom is -0.497 e. The number of anilines is 1. The van der Waals surface area contributed by atoms with E-state index in [9.17, 15) is 9.59 Å². The molecular formula is C17H17NO4. The SMILES string of the molecule is COc1ccc(NC(=O)c2coc3c2C(=O)CCCC3)cc1. The zero-order valence-electron chi connectivity index (χ0n) is 12.3. The molecule has 0 aliphatic heterocycles. The second-order valence-corrected chi connectivity index (χ2v) is 5.26. The predicted octanol–water partition coefficient (Wildman–Crippen LogP) is 3.45. The first-order valence-corrected chi connectivity index (χ1v) is 7.28. The number of nitrogens with one attached hydrogen (secondary N) is 1. The zero-order valence-corrected chi connectivity index (χ0v) is 12.3. The second kappa shape index (κ2) is 6.05. The van der Waals surface area contributed by atoms with Crippen LogP contribution < -0.4 is 10.1 Å². The van der Waals surface area contributed by atoms with Gasteiger partial charge in [-0.1, -0.05) is 0 Å². The fourth-order valence-corrected chi connectivity index (χ4v) is 2.62. The summed E-state index contributed by atoms with van der Waals surface area (Å²) >= 11 is 0. The molecule has 1 N–H and O–H groups in total. The van der Waals surface area contributed by atoms with E-state index >= 15 is 0 Å². The van der Waals surface area contributed by atoms with Crippen LogP contribution in [0.2, 0.25) is 0 Å². The Balaban J connectivity index is 1.83. The number of aryl methyl sites for hydroxylation is 1. The maximum absolute atomic E-state index is 12.4. The van der Waals surface area contributed by atoms with Gasteiger partial charge in [0.1, 0.15) is 17.8 Å². The predicted molar refractivity (Wildman–Crippen MR) is 81.5 cm³/mol. The third-order valence-corrected chi connectivity index (χ3v) is 3.80. The summed E-state index contributed by atoms with van der Waals surface area (Å²) in [5.74, 6) is 0.999. The van der Waals surface area contributed by atoms with E-state index in [4.69, 9.17) is 9.15 Å². The smallest absolute Gasteiger partial charge is 0.259 e. The summed E-state index contributed by atoms with van der Waals surface area (Å²) in [5.41, 5.74) is 1.41. The number of hydrogen-bond donors (Lipinski definition) is 1. The van der Waals surface area contributed by atoms with Crippen molar-refractivity contribution in [1.82, 2.24) is 0 Å². The Morgan fingerprint density at radius 3 is 2.64 bits per heavy atom. The van der Waals surface area contributed by atoms with Gasteiger partial charge in [-0.2, -0.15) is 0 Å². The lowest BCUT2D eigenvalue weighted by molar-refractivity contribution is 0.0965. The Morgan fingerprint density at radius 1 is 1.18 bits per heavy atom. The number of ketones is 1. The number of hydrogen-bond acceptors (Lipinski definition) is 4. The van der Waals surface area contributed by atoms with Gasteiger partial charge in [0.25, 0.3) is 5.91 Å². The number of benzene rings is 1. The van der Waals surface area contributed by atoms with Crippen LogP contribution in [0, 0.1) is 0 Å². The van der Waals surface area contributed by atoms with Crippen molar-refractivity contribution in [2.45, 2.75) is 25.7 Å². The summed E-state index contributed by atoms with van der Waals surface area (Å²) in [4.78, 5) is 24.6. The Kier molecular flexibility index (Phi) is 3.96. The molecule has 1 heterocycles. The molecule has 5 heteroatoms. The Morgan fingerprint density at radius 2 is 1.91 bits per heavy atom. The van der Waals surface area contributed by atoms with Crippen molar-refractivity contribution in [1.29, 1.82) is 0 Å². The summed E-state index contributed by atoms with van der Waals surface area (Å²) < 4.78 is 10.5. The third-order valence-electron chi connectivity index (χ3n) is 3.80. The number of furan rings is 1. The number of ether oxygens (including phenoxy) is 1. The molecule has 0 saturated heterocycles. The maximum Gasteiger partial charge on any atom is 0.259 e. The van der Waals surface area contributed by atoms with Crippen LogP contribution in [0.1, 0.15) is 45.7 Å². The molecule has 1 aromatic carbocycles. The van der Waals surface area contributed by atoms with Gasteiger partial charge in [-0.3, -0.25) is 9.59 Å². The van der Waals surface area contributed by atoms with E-state index in [-0.39, 0.29) is 11.7 Å². The number of carbonyl (C=O) groups excluding carboxylic acids is 2. The second-order valence-electron chi connectivity index (χ2n) is 5.26. The quantitative estimate of drug-likeness (QED) is 0.881. The summed E-state index contributed by atoms with van der Waals surface area (Å²) in [6.45, 7) is 0. The lowest BCUT2D eigenvalue weighted by atomic mass is 10.0. The van der Waals surface area contributed by atoms with Crippen LogP contribution in [0.3, 0.4) is 0 Å². The van der Waals surface area contributed by atoms with Crippen molar-refractivity contribution in [2.24, 2.45) is 0 Å². The molecule has 0 radical (unpaired) electrons. The highest BCUT2D eigenvalue weighted by atomic mass is 16.5. The number of rotatable bonds is 3.